The summed E-state index contributed by atoms with van der Waals surface area (Å²) >= 11 is 0. The van der Waals surface area contributed by atoms with E-state index in [9.17, 15) is 4.79 Å². The summed E-state index contributed by atoms with van der Waals surface area (Å²) in [5, 5.41) is 0.953. The van der Waals surface area contributed by atoms with Gasteiger partial charge in [0, 0.05) is 43.8 Å². The Labute approximate surface area is 142 Å². The summed E-state index contributed by atoms with van der Waals surface area (Å²) in [4.78, 5) is 21.2. The van der Waals surface area contributed by atoms with Crippen LogP contribution in [0.2, 0.25) is 0 Å². The van der Waals surface area contributed by atoms with Crippen molar-refractivity contribution in [2.45, 2.75) is 25.8 Å². The molecule has 1 aromatic carbocycles. The Hall–Kier alpha value is -2.14. The molecule has 5 heteroatoms. The van der Waals surface area contributed by atoms with Crippen LogP contribution in [0.4, 0.5) is 0 Å². The minimum absolute atomic E-state index is 0.0718. The van der Waals surface area contributed by atoms with E-state index >= 15 is 0 Å². The van der Waals surface area contributed by atoms with Crippen molar-refractivity contribution in [3.8, 4) is 5.75 Å². The van der Waals surface area contributed by atoms with E-state index in [4.69, 9.17) is 4.74 Å². The summed E-state index contributed by atoms with van der Waals surface area (Å²) in [5.74, 6) is 0.799. The van der Waals surface area contributed by atoms with E-state index in [1.165, 1.54) is 12.8 Å². The van der Waals surface area contributed by atoms with Gasteiger partial charge in [0.1, 0.15) is 5.75 Å². The Morgan fingerprint density at radius 3 is 2.75 bits per heavy atom. The van der Waals surface area contributed by atoms with Crippen LogP contribution in [0.25, 0.3) is 10.9 Å². The summed E-state index contributed by atoms with van der Waals surface area (Å²) in [6.45, 7) is 5.75. The first-order valence-corrected chi connectivity index (χ1v) is 8.71. The van der Waals surface area contributed by atoms with Gasteiger partial charge in [-0.25, -0.2) is 0 Å². The number of piperazine rings is 1. The van der Waals surface area contributed by atoms with Crippen molar-refractivity contribution in [3.05, 3.63) is 36.0 Å². The fourth-order valence-corrected chi connectivity index (χ4v) is 3.36. The Bertz CT molecular complexity index is 749. The van der Waals surface area contributed by atoms with E-state index in [-0.39, 0.29) is 12.5 Å². The van der Waals surface area contributed by atoms with Gasteiger partial charge in [0.25, 0.3) is 5.91 Å². The van der Waals surface area contributed by atoms with Crippen molar-refractivity contribution >= 4 is 16.8 Å². The van der Waals surface area contributed by atoms with E-state index < -0.39 is 0 Å². The smallest absolute Gasteiger partial charge is 0.260 e. The average molecular weight is 325 g/mol. The van der Waals surface area contributed by atoms with Crippen molar-refractivity contribution < 1.29 is 9.53 Å². The average Bonchev–Trinajstić information content (AvgIpc) is 3.44. The van der Waals surface area contributed by atoms with Crippen LogP contribution in [-0.2, 0) is 4.79 Å². The number of hydrogen-bond donors (Lipinski definition) is 0. The molecule has 0 unspecified atom stereocenters. The van der Waals surface area contributed by atoms with Crippen LogP contribution in [0.3, 0.4) is 0 Å². The molecule has 1 aliphatic carbocycles. The van der Waals surface area contributed by atoms with Crippen LogP contribution in [0.1, 0.15) is 18.4 Å². The minimum Gasteiger partial charge on any atom is -0.483 e. The van der Waals surface area contributed by atoms with E-state index in [0.717, 1.165) is 54.4 Å². The summed E-state index contributed by atoms with van der Waals surface area (Å²) < 4.78 is 5.82. The van der Waals surface area contributed by atoms with Crippen molar-refractivity contribution in [2.75, 3.05) is 32.8 Å². The molecule has 2 aromatic rings. The molecule has 2 fully saturated rings. The lowest BCUT2D eigenvalue weighted by molar-refractivity contribution is -0.135. The third kappa shape index (κ3) is 3.22. The summed E-state index contributed by atoms with van der Waals surface area (Å²) in [6, 6.07) is 8.68. The van der Waals surface area contributed by atoms with Crippen molar-refractivity contribution in [2.24, 2.45) is 0 Å². The molecule has 126 valence electrons. The second-order valence-corrected chi connectivity index (χ2v) is 6.77. The zero-order valence-electron chi connectivity index (χ0n) is 14.1. The maximum Gasteiger partial charge on any atom is 0.260 e. The zero-order chi connectivity index (χ0) is 16.5. The molecule has 1 aliphatic heterocycles. The minimum atomic E-state index is 0.0718. The maximum atomic E-state index is 12.4. The molecule has 2 heterocycles. The number of nitrogens with zero attached hydrogens (tertiary/aromatic N) is 3. The fraction of sp³-hybridized carbons (Fsp3) is 0.474. The Morgan fingerprint density at radius 2 is 2.00 bits per heavy atom. The molecule has 2 aliphatic rings. The fourth-order valence-electron chi connectivity index (χ4n) is 3.36. The standard InChI is InChI=1S/C19H23N3O2/c1-14-2-5-16-17(12-14)20-7-6-18(16)24-13-19(23)22-10-8-21(9-11-22)15-3-4-15/h2,5-7,12,15H,3-4,8-11,13H2,1H3. The second kappa shape index (κ2) is 6.40. The monoisotopic (exact) mass is 325 g/mol. The number of ether oxygens (including phenoxy) is 1. The predicted molar refractivity (Wildman–Crippen MR) is 93.2 cm³/mol. The maximum absolute atomic E-state index is 12.4. The molecule has 0 radical (unpaired) electrons. The third-order valence-electron chi connectivity index (χ3n) is 4.94. The van der Waals surface area contributed by atoms with Gasteiger partial charge in [0.2, 0.25) is 0 Å². The highest BCUT2D eigenvalue weighted by Gasteiger charge is 2.32. The number of pyridine rings is 1. The van der Waals surface area contributed by atoms with Crippen molar-refractivity contribution in [1.82, 2.24) is 14.8 Å². The number of carbonyl (C=O) groups excluding carboxylic acids is 1. The highest BCUT2D eigenvalue weighted by Crippen LogP contribution is 2.27. The predicted octanol–water partition coefficient (Wildman–Crippen LogP) is 2.23. The summed E-state index contributed by atoms with van der Waals surface area (Å²) in [7, 11) is 0. The summed E-state index contributed by atoms with van der Waals surface area (Å²) in [5.41, 5.74) is 2.06. The molecule has 5 nitrogen and oxygen atoms in total. The Kier molecular flexibility index (Phi) is 4.10. The first-order chi connectivity index (χ1) is 11.7. The number of rotatable bonds is 4. The lowest BCUT2D eigenvalue weighted by Crippen LogP contribution is -2.50. The SMILES string of the molecule is Cc1ccc2c(OCC(=O)N3CCN(C4CC4)CC3)ccnc2c1. The lowest BCUT2D eigenvalue weighted by Gasteiger charge is -2.34. The van der Waals surface area contributed by atoms with Crippen molar-refractivity contribution in [3.63, 3.8) is 0 Å². The molecule has 4 rings (SSSR count). The van der Waals surface area contributed by atoms with E-state index in [1.54, 1.807) is 6.20 Å². The molecule has 0 bridgehead atoms. The van der Waals surface area contributed by atoms with Gasteiger partial charge < -0.3 is 9.64 Å². The number of hydrogen-bond acceptors (Lipinski definition) is 4. The van der Waals surface area contributed by atoms with Crippen LogP contribution in [-0.4, -0.2) is 59.5 Å². The Morgan fingerprint density at radius 1 is 1.21 bits per heavy atom. The normalized spacial score (nSPS) is 18.8. The molecule has 24 heavy (non-hydrogen) atoms. The van der Waals surface area contributed by atoms with Gasteiger partial charge in [-0.1, -0.05) is 6.07 Å². The highest BCUT2D eigenvalue weighted by molar-refractivity contribution is 5.86. The van der Waals surface area contributed by atoms with E-state index in [1.807, 2.05) is 36.1 Å². The molecule has 1 amide bonds. The van der Waals surface area contributed by atoms with Crippen LogP contribution in [0.5, 0.6) is 5.75 Å². The molecule has 0 spiro atoms. The third-order valence-corrected chi connectivity index (χ3v) is 4.94. The molecular weight excluding hydrogens is 302 g/mol. The van der Waals surface area contributed by atoms with Gasteiger partial charge in [-0.05, 0) is 43.5 Å². The van der Waals surface area contributed by atoms with Crippen LogP contribution in [0, 0.1) is 6.92 Å². The van der Waals surface area contributed by atoms with Crippen LogP contribution < -0.4 is 4.74 Å². The van der Waals surface area contributed by atoms with Gasteiger partial charge >= 0.3 is 0 Å². The van der Waals surface area contributed by atoms with Crippen molar-refractivity contribution in [1.29, 1.82) is 0 Å². The number of aromatic nitrogens is 1. The molecule has 0 N–H and O–H groups in total. The number of aryl methyl sites for hydroxylation is 1. The van der Waals surface area contributed by atoms with Gasteiger partial charge in [-0.15, -0.1) is 0 Å². The van der Waals surface area contributed by atoms with Crippen LogP contribution >= 0.6 is 0 Å². The number of benzene rings is 1. The molecule has 1 saturated heterocycles. The van der Waals surface area contributed by atoms with Gasteiger partial charge in [-0.3, -0.25) is 14.7 Å². The largest absolute Gasteiger partial charge is 0.483 e. The van der Waals surface area contributed by atoms with E-state index in [0.29, 0.717) is 0 Å². The quantitative estimate of drug-likeness (QED) is 0.865. The number of amides is 1. The molecule has 1 saturated carbocycles. The van der Waals surface area contributed by atoms with Crippen LogP contribution in [0.15, 0.2) is 30.5 Å². The number of fused-ring (bicyclic) bond motifs is 1. The lowest BCUT2D eigenvalue weighted by atomic mass is 10.1. The van der Waals surface area contributed by atoms with Gasteiger partial charge in [0.05, 0.1) is 5.52 Å². The molecule has 0 atom stereocenters. The number of carbonyl (C=O) groups is 1. The summed E-state index contributed by atoms with van der Waals surface area (Å²) in [6.07, 6.45) is 4.38. The topological polar surface area (TPSA) is 45.7 Å². The second-order valence-electron chi connectivity index (χ2n) is 6.77. The van der Waals surface area contributed by atoms with Gasteiger partial charge in [0.15, 0.2) is 6.61 Å². The molecule has 1 aromatic heterocycles. The zero-order valence-corrected chi connectivity index (χ0v) is 14.1. The Balaban J connectivity index is 1.37. The van der Waals surface area contributed by atoms with Gasteiger partial charge in [-0.2, -0.15) is 0 Å². The van der Waals surface area contributed by atoms with E-state index in [2.05, 4.69) is 9.88 Å². The highest BCUT2D eigenvalue weighted by atomic mass is 16.5. The molecular formula is C19H23N3O2. The first-order valence-electron chi connectivity index (χ1n) is 8.71. The first kappa shape index (κ1) is 15.4.